The highest BCUT2D eigenvalue weighted by Gasteiger charge is 2.40. The lowest BCUT2D eigenvalue weighted by atomic mass is 9.99. The Morgan fingerprint density at radius 2 is 1.68 bits per heavy atom. The SMILES string of the molecule is Cc1sc2c(c1C)C(c1ccc(Cl)cc1)=N[C@@H](CC(=O)NCCCCNC(=O)COc1ccc(/N=N/c3cccc4c3CN(C3CCC(=O)NC3=O)C4=O)cc1)c1nnc(C)n1-2. The van der Waals surface area contributed by atoms with Crippen molar-refractivity contribution in [1.29, 1.82) is 0 Å². The van der Waals surface area contributed by atoms with E-state index in [9.17, 15) is 24.0 Å². The maximum atomic E-state index is 13.3. The minimum Gasteiger partial charge on any atom is -0.484 e. The van der Waals surface area contributed by atoms with Gasteiger partial charge in [-0.2, -0.15) is 10.2 Å². The van der Waals surface area contributed by atoms with Crippen LogP contribution in [0.4, 0.5) is 11.4 Å². The van der Waals surface area contributed by atoms with E-state index in [0.29, 0.717) is 65.0 Å². The van der Waals surface area contributed by atoms with Crippen molar-refractivity contribution in [3.05, 3.63) is 116 Å². The minimum atomic E-state index is -0.719. The lowest BCUT2D eigenvalue weighted by molar-refractivity contribution is -0.137. The summed E-state index contributed by atoms with van der Waals surface area (Å²) in [5.74, 6) is 0.268. The Balaban J connectivity index is 0.778. The lowest BCUT2D eigenvalue weighted by Crippen LogP contribution is -2.52. The van der Waals surface area contributed by atoms with Crippen LogP contribution in [0.5, 0.6) is 5.75 Å². The van der Waals surface area contributed by atoms with Crippen molar-refractivity contribution in [1.82, 2.24) is 35.6 Å². The number of imide groups is 1. The Hall–Kier alpha value is -6.59. The third kappa shape index (κ3) is 8.90. The number of aromatic nitrogens is 3. The Morgan fingerprint density at radius 3 is 2.42 bits per heavy atom. The molecule has 0 spiro atoms. The van der Waals surface area contributed by atoms with E-state index in [-0.39, 0.29) is 56.0 Å². The monoisotopic (exact) mass is 874 g/mol. The van der Waals surface area contributed by atoms with Crippen molar-refractivity contribution in [2.45, 2.75) is 71.5 Å². The van der Waals surface area contributed by atoms with E-state index in [1.165, 1.54) is 9.78 Å². The number of nitrogens with one attached hydrogen (secondary N) is 3. The average Bonchev–Trinajstić information content (AvgIpc) is 3.87. The summed E-state index contributed by atoms with van der Waals surface area (Å²) in [5, 5.41) is 27.3. The molecule has 3 aliphatic heterocycles. The Kier molecular flexibility index (Phi) is 12.3. The molecule has 2 atom stereocenters. The zero-order valence-corrected chi connectivity index (χ0v) is 35.8. The largest absolute Gasteiger partial charge is 0.484 e. The minimum absolute atomic E-state index is 0.0874. The highest BCUT2D eigenvalue weighted by atomic mass is 35.5. The normalized spacial score (nSPS) is 16.9. The molecule has 8 rings (SSSR count). The van der Waals surface area contributed by atoms with E-state index in [1.807, 2.05) is 35.8 Å². The van der Waals surface area contributed by atoms with E-state index in [2.05, 4.69) is 50.2 Å². The molecule has 5 aromatic rings. The first kappa shape index (κ1) is 42.1. The fourth-order valence-corrected chi connectivity index (χ4v) is 9.01. The zero-order valence-electron chi connectivity index (χ0n) is 34.2. The standard InChI is InChI=1S/C44H43ClN10O6S/c1-24-25(2)62-44-39(24)40(27-9-11-28(45)12-10-27)48-34(41-53-50-26(3)55(41)44)21-37(57)46-19-4-5-20-47-38(58)23-61-30-15-13-29(14-16-30)51-52-33-8-6-7-31-32(33)22-54(43(31)60)35-17-18-36(56)49-42(35)59/h6-16,34-35H,4-5,17-23H2,1-3H3,(H,46,57)(H,47,58)(H,49,56,59)/b52-51+/t34-,35?/m0/s1. The van der Waals surface area contributed by atoms with E-state index in [0.717, 1.165) is 33.2 Å². The fourth-order valence-electron chi connectivity index (χ4n) is 7.67. The number of fused-ring (bicyclic) bond motifs is 4. The predicted molar refractivity (Wildman–Crippen MR) is 232 cm³/mol. The van der Waals surface area contributed by atoms with Gasteiger partial charge in [-0.15, -0.1) is 21.5 Å². The molecule has 0 aliphatic carbocycles. The molecule has 318 valence electrons. The van der Waals surface area contributed by atoms with Crippen LogP contribution < -0.4 is 20.7 Å². The van der Waals surface area contributed by atoms with Crippen LogP contribution >= 0.6 is 22.9 Å². The summed E-state index contributed by atoms with van der Waals surface area (Å²) in [6, 6.07) is 18.2. The first-order valence-electron chi connectivity index (χ1n) is 20.3. The maximum Gasteiger partial charge on any atom is 0.257 e. The summed E-state index contributed by atoms with van der Waals surface area (Å²) in [7, 11) is 0. The highest BCUT2D eigenvalue weighted by Crippen LogP contribution is 2.40. The van der Waals surface area contributed by atoms with Crippen molar-refractivity contribution in [3.8, 4) is 10.8 Å². The van der Waals surface area contributed by atoms with Gasteiger partial charge in [-0.25, -0.2) is 0 Å². The summed E-state index contributed by atoms with van der Waals surface area (Å²) in [6.45, 7) is 6.92. The number of aliphatic imine (C=N–C) groups is 1. The molecule has 3 aromatic carbocycles. The number of piperidine rings is 1. The number of nitrogens with zero attached hydrogens (tertiary/aromatic N) is 7. The third-order valence-corrected chi connectivity index (χ3v) is 12.5. The number of hydrogen-bond acceptors (Lipinski definition) is 12. The van der Waals surface area contributed by atoms with Gasteiger partial charge in [-0.1, -0.05) is 29.8 Å². The summed E-state index contributed by atoms with van der Waals surface area (Å²) in [4.78, 5) is 70.8. The van der Waals surface area contributed by atoms with Crippen LogP contribution in [0, 0.1) is 20.8 Å². The van der Waals surface area contributed by atoms with Crippen molar-refractivity contribution in [2.75, 3.05) is 19.7 Å². The molecule has 1 saturated heterocycles. The molecule has 16 nitrogen and oxygen atoms in total. The van der Waals surface area contributed by atoms with Gasteiger partial charge in [-0.05, 0) is 94.1 Å². The predicted octanol–water partition coefficient (Wildman–Crippen LogP) is 6.46. The third-order valence-electron chi connectivity index (χ3n) is 11.0. The number of carbonyl (C=O) groups excluding carboxylic acids is 5. The average molecular weight is 875 g/mol. The van der Waals surface area contributed by atoms with Gasteiger partial charge in [0.05, 0.1) is 23.5 Å². The molecule has 1 fully saturated rings. The number of halogens is 1. The van der Waals surface area contributed by atoms with Crippen LogP contribution in [0.2, 0.25) is 5.02 Å². The van der Waals surface area contributed by atoms with E-state index in [1.54, 1.807) is 53.8 Å². The highest BCUT2D eigenvalue weighted by molar-refractivity contribution is 7.15. The molecule has 0 radical (unpaired) electrons. The molecular weight excluding hydrogens is 832 g/mol. The van der Waals surface area contributed by atoms with Crippen molar-refractivity contribution in [2.24, 2.45) is 15.2 Å². The van der Waals surface area contributed by atoms with Crippen LogP contribution in [-0.2, 0) is 25.7 Å². The van der Waals surface area contributed by atoms with Crippen LogP contribution in [0.3, 0.4) is 0 Å². The van der Waals surface area contributed by atoms with Gasteiger partial charge in [0.25, 0.3) is 11.8 Å². The molecule has 62 heavy (non-hydrogen) atoms. The molecule has 0 saturated carbocycles. The van der Waals surface area contributed by atoms with Crippen LogP contribution in [0.15, 0.2) is 82.0 Å². The number of carbonyl (C=O) groups is 5. The maximum absolute atomic E-state index is 13.3. The Labute approximate surface area is 365 Å². The number of rotatable bonds is 14. The zero-order chi connectivity index (χ0) is 43.5. The van der Waals surface area contributed by atoms with Crippen molar-refractivity contribution in [3.63, 3.8) is 0 Å². The van der Waals surface area contributed by atoms with E-state index in [4.69, 9.17) is 21.3 Å². The first-order chi connectivity index (χ1) is 29.9. The van der Waals surface area contributed by atoms with Crippen LogP contribution in [-0.4, -0.2) is 80.7 Å². The second-order valence-electron chi connectivity index (χ2n) is 15.2. The molecule has 18 heteroatoms. The first-order valence-corrected chi connectivity index (χ1v) is 21.5. The number of aryl methyl sites for hydroxylation is 2. The van der Waals surface area contributed by atoms with Crippen LogP contribution in [0.25, 0.3) is 5.00 Å². The van der Waals surface area contributed by atoms with E-state index < -0.39 is 18.0 Å². The topological polar surface area (TPSA) is 202 Å². The molecule has 1 unspecified atom stereocenters. The summed E-state index contributed by atoms with van der Waals surface area (Å²) in [6.07, 6.45) is 1.83. The van der Waals surface area contributed by atoms with Gasteiger partial charge in [0.2, 0.25) is 17.7 Å². The van der Waals surface area contributed by atoms with Crippen molar-refractivity contribution < 1.29 is 28.7 Å². The Bertz CT molecular complexity index is 2640. The summed E-state index contributed by atoms with van der Waals surface area (Å²) in [5.41, 5.74) is 5.96. The number of ether oxygens (including phenoxy) is 1. The Morgan fingerprint density at radius 1 is 0.935 bits per heavy atom. The van der Waals surface area contributed by atoms with Gasteiger partial charge < -0.3 is 20.3 Å². The number of thiophene rings is 1. The van der Waals surface area contributed by atoms with Gasteiger partial charge >= 0.3 is 0 Å². The van der Waals surface area contributed by atoms with Gasteiger partial charge in [0, 0.05) is 58.2 Å². The number of azo groups is 1. The second-order valence-corrected chi connectivity index (χ2v) is 16.8. The number of amides is 5. The number of unbranched alkanes of at least 4 members (excludes halogenated alkanes) is 1. The summed E-state index contributed by atoms with van der Waals surface area (Å²) < 4.78 is 7.68. The van der Waals surface area contributed by atoms with Gasteiger partial charge in [-0.3, -0.25) is 38.8 Å². The molecule has 0 bridgehead atoms. The van der Waals surface area contributed by atoms with Gasteiger partial charge in [0.1, 0.15) is 28.7 Å². The smallest absolute Gasteiger partial charge is 0.257 e. The summed E-state index contributed by atoms with van der Waals surface area (Å²) >= 11 is 7.88. The molecule has 3 aliphatic rings. The molecule has 5 amide bonds. The molecule has 5 heterocycles. The molecular formula is C44H43ClN10O6S. The van der Waals surface area contributed by atoms with Crippen molar-refractivity contribution >= 4 is 69.6 Å². The van der Waals surface area contributed by atoms with Gasteiger partial charge in [0.15, 0.2) is 12.4 Å². The molecule has 3 N–H and O–H groups in total. The number of hydrogen-bond donors (Lipinski definition) is 3. The number of benzene rings is 3. The molecule has 2 aromatic heterocycles. The fraction of sp³-hybridized carbons (Fsp3) is 0.318. The van der Waals surface area contributed by atoms with E-state index >= 15 is 0 Å². The van der Waals surface area contributed by atoms with Crippen LogP contribution in [0.1, 0.15) is 87.3 Å². The lowest BCUT2D eigenvalue weighted by Gasteiger charge is -2.29. The quantitative estimate of drug-likeness (QED) is 0.0641. The second kappa shape index (κ2) is 18.2.